The van der Waals surface area contributed by atoms with Crippen LogP contribution in [0.25, 0.3) is 11.0 Å². The van der Waals surface area contributed by atoms with Gasteiger partial charge in [-0.2, -0.15) is 8.42 Å². The maximum absolute atomic E-state index is 11.9. The van der Waals surface area contributed by atoms with E-state index in [1.807, 2.05) is 0 Å². The lowest BCUT2D eigenvalue weighted by molar-refractivity contribution is 0.280. The van der Waals surface area contributed by atoms with E-state index in [0.29, 0.717) is 29.6 Å². The highest BCUT2D eigenvalue weighted by molar-refractivity contribution is 7.86. The van der Waals surface area contributed by atoms with Crippen LogP contribution in [-0.4, -0.2) is 35.9 Å². The Morgan fingerprint density at radius 2 is 2.10 bits per heavy atom. The molecule has 0 fully saturated rings. The normalized spacial score (nSPS) is 11.9. The first-order valence-electron chi connectivity index (χ1n) is 6.06. The predicted molar refractivity (Wildman–Crippen MR) is 74.5 cm³/mol. The summed E-state index contributed by atoms with van der Waals surface area (Å²) in [7, 11) is -3.68. The van der Waals surface area contributed by atoms with Gasteiger partial charge in [0.25, 0.3) is 0 Å². The van der Waals surface area contributed by atoms with Crippen LogP contribution in [0.3, 0.4) is 0 Å². The van der Waals surface area contributed by atoms with Crippen molar-refractivity contribution in [2.45, 2.75) is 19.9 Å². The summed E-state index contributed by atoms with van der Waals surface area (Å²) in [6.45, 7) is 2.01. The van der Waals surface area contributed by atoms with Crippen molar-refractivity contribution in [2.24, 2.45) is 0 Å². The fraction of sp³-hybridized carbons (Fsp3) is 0.417. The number of rotatable bonds is 5. The summed E-state index contributed by atoms with van der Waals surface area (Å²) in [5.74, 6) is 0.129. The quantitative estimate of drug-likeness (QED) is 0.776. The summed E-state index contributed by atoms with van der Waals surface area (Å²) in [6, 6.07) is 3.40. The third kappa shape index (κ3) is 2.86. The van der Waals surface area contributed by atoms with E-state index >= 15 is 0 Å². The molecule has 1 aromatic heterocycles. The van der Waals surface area contributed by atoms with Crippen molar-refractivity contribution < 1.29 is 17.7 Å². The Balaban J connectivity index is 2.64. The van der Waals surface area contributed by atoms with E-state index in [0.717, 1.165) is 6.26 Å². The van der Waals surface area contributed by atoms with Crippen molar-refractivity contribution in [3.63, 3.8) is 0 Å². The molecule has 0 unspecified atom stereocenters. The zero-order valence-corrected chi connectivity index (χ0v) is 12.0. The van der Waals surface area contributed by atoms with Crippen molar-refractivity contribution >= 4 is 21.2 Å². The van der Waals surface area contributed by atoms with E-state index in [-0.39, 0.29) is 18.0 Å². The summed E-state index contributed by atoms with van der Waals surface area (Å²) >= 11 is 0. The molecule has 110 valence electrons. The number of aromatic amines is 1. The SMILES string of the molecule is Cc1ccc2c([nH]c(=O)n2CCCO)c1OS(C)(=O)=O. The monoisotopic (exact) mass is 300 g/mol. The first kappa shape index (κ1) is 14.6. The van der Waals surface area contributed by atoms with E-state index in [1.54, 1.807) is 19.1 Å². The summed E-state index contributed by atoms with van der Waals surface area (Å²) < 4.78 is 29.0. The zero-order chi connectivity index (χ0) is 14.9. The molecule has 7 nitrogen and oxygen atoms in total. The summed E-state index contributed by atoms with van der Waals surface area (Å²) in [5, 5.41) is 8.85. The number of benzene rings is 1. The molecule has 20 heavy (non-hydrogen) atoms. The average Bonchev–Trinajstić information content (AvgIpc) is 2.65. The highest BCUT2D eigenvalue weighted by Gasteiger charge is 2.16. The molecule has 2 aromatic rings. The molecule has 2 N–H and O–H groups in total. The summed E-state index contributed by atoms with van der Waals surface area (Å²) in [6.07, 6.45) is 1.38. The fourth-order valence-corrected chi connectivity index (χ4v) is 2.53. The van der Waals surface area contributed by atoms with Gasteiger partial charge in [0.15, 0.2) is 5.75 Å². The number of hydrogen-bond acceptors (Lipinski definition) is 5. The Morgan fingerprint density at radius 1 is 1.40 bits per heavy atom. The van der Waals surface area contributed by atoms with Gasteiger partial charge in [-0.25, -0.2) is 4.79 Å². The van der Waals surface area contributed by atoms with E-state index in [9.17, 15) is 13.2 Å². The molecular formula is C12H16N2O5S. The van der Waals surface area contributed by atoms with Crippen LogP contribution in [-0.2, 0) is 16.7 Å². The molecule has 0 spiro atoms. The minimum absolute atomic E-state index is 0.0301. The molecule has 0 saturated heterocycles. The minimum atomic E-state index is -3.68. The third-order valence-electron chi connectivity index (χ3n) is 2.87. The number of hydrogen-bond donors (Lipinski definition) is 2. The van der Waals surface area contributed by atoms with Gasteiger partial charge in [0, 0.05) is 13.2 Å². The Labute approximate surface area is 115 Å². The number of aliphatic hydroxyl groups excluding tert-OH is 1. The zero-order valence-electron chi connectivity index (χ0n) is 11.2. The van der Waals surface area contributed by atoms with Crippen LogP contribution in [0.2, 0.25) is 0 Å². The third-order valence-corrected chi connectivity index (χ3v) is 3.34. The van der Waals surface area contributed by atoms with Gasteiger partial charge >= 0.3 is 15.8 Å². The maximum Gasteiger partial charge on any atom is 0.326 e. The van der Waals surface area contributed by atoms with Crippen LogP contribution in [0.15, 0.2) is 16.9 Å². The molecule has 0 aliphatic rings. The molecule has 2 rings (SSSR count). The number of aryl methyl sites for hydroxylation is 2. The second-order valence-corrected chi connectivity index (χ2v) is 6.13. The molecule has 8 heteroatoms. The Morgan fingerprint density at radius 3 is 2.70 bits per heavy atom. The highest BCUT2D eigenvalue weighted by Crippen LogP contribution is 2.28. The lowest BCUT2D eigenvalue weighted by atomic mass is 10.2. The molecule has 1 aromatic carbocycles. The van der Waals surface area contributed by atoms with Gasteiger partial charge in [-0.05, 0) is 25.0 Å². The number of aromatic nitrogens is 2. The van der Waals surface area contributed by atoms with Crippen LogP contribution < -0.4 is 9.87 Å². The number of H-pyrrole nitrogens is 1. The topological polar surface area (TPSA) is 101 Å². The highest BCUT2D eigenvalue weighted by atomic mass is 32.2. The van der Waals surface area contributed by atoms with Gasteiger partial charge in [-0.3, -0.25) is 4.57 Å². The smallest absolute Gasteiger partial charge is 0.326 e. The molecule has 1 heterocycles. The van der Waals surface area contributed by atoms with E-state index < -0.39 is 10.1 Å². The second kappa shape index (κ2) is 5.29. The number of fused-ring (bicyclic) bond motifs is 1. The molecule has 0 atom stereocenters. The van der Waals surface area contributed by atoms with Crippen molar-refractivity contribution in [2.75, 3.05) is 12.9 Å². The van der Waals surface area contributed by atoms with Crippen molar-refractivity contribution in [1.82, 2.24) is 9.55 Å². The van der Waals surface area contributed by atoms with Crippen LogP contribution in [0.1, 0.15) is 12.0 Å². The lowest BCUT2D eigenvalue weighted by Crippen LogP contribution is -2.17. The maximum atomic E-state index is 11.9. The fourth-order valence-electron chi connectivity index (χ4n) is 2.02. The van der Waals surface area contributed by atoms with Crippen LogP contribution in [0.5, 0.6) is 5.75 Å². The summed E-state index contributed by atoms with van der Waals surface area (Å²) in [4.78, 5) is 14.5. The van der Waals surface area contributed by atoms with Crippen molar-refractivity contribution in [3.8, 4) is 5.75 Å². The first-order chi connectivity index (χ1) is 9.33. The molecule has 0 saturated carbocycles. The van der Waals surface area contributed by atoms with Gasteiger partial charge in [0.05, 0.1) is 11.8 Å². The van der Waals surface area contributed by atoms with E-state index in [4.69, 9.17) is 9.29 Å². The molecule has 0 aliphatic carbocycles. The van der Waals surface area contributed by atoms with Gasteiger partial charge in [0.1, 0.15) is 5.52 Å². The number of nitrogens with zero attached hydrogens (tertiary/aromatic N) is 1. The molecule has 0 amide bonds. The molecule has 0 aliphatic heterocycles. The van der Waals surface area contributed by atoms with E-state index in [2.05, 4.69) is 4.98 Å². The number of imidazole rings is 1. The standard InChI is InChI=1S/C12H16N2O5S/c1-8-4-5-9-10(11(8)19-20(2,17)18)13-12(16)14(9)6-3-7-15/h4-5,15H,3,6-7H2,1-2H3,(H,13,16). The minimum Gasteiger partial charge on any atom is -0.396 e. The van der Waals surface area contributed by atoms with Gasteiger partial charge in [0.2, 0.25) is 0 Å². The van der Waals surface area contributed by atoms with Gasteiger partial charge in [-0.1, -0.05) is 6.07 Å². The molecule has 0 bridgehead atoms. The Hall–Kier alpha value is -1.80. The van der Waals surface area contributed by atoms with E-state index in [1.165, 1.54) is 4.57 Å². The van der Waals surface area contributed by atoms with Gasteiger partial charge in [-0.15, -0.1) is 0 Å². The Bertz CT molecular complexity index is 788. The van der Waals surface area contributed by atoms with Crippen LogP contribution in [0, 0.1) is 6.92 Å². The van der Waals surface area contributed by atoms with Crippen LogP contribution in [0.4, 0.5) is 0 Å². The first-order valence-corrected chi connectivity index (χ1v) is 7.87. The second-order valence-electron chi connectivity index (χ2n) is 4.55. The predicted octanol–water partition coefficient (Wildman–Crippen LogP) is 0.359. The average molecular weight is 300 g/mol. The number of aliphatic hydroxyl groups is 1. The number of nitrogens with one attached hydrogen (secondary N) is 1. The Kier molecular flexibility index (Phi) is 3.87. The van der Waals surface area contributed by atoms with Gasteiger partial charge < -0.3 is 14.3 Å². The molecule has 0 radical (unpaired) electrons. The largest absolute Gasteiger partial charge is 0.396 e. The van der Waals surface area contributed by atoms with Crippen LogP contribution >= 0.6 is 0 Å². The summed E-state index contributed by atoms with van der Waals surface area (Å²) in [5.41, 5.74) is 1.14. The van der Waals surface area contributed by atoms with Crippen molar-refractivity contribution in [1.29, 1.82) is 0 Å². The van der Waals surface area contributed by atoms with Crippen molar-refractivity contribution in [3.05, 3.63) is 28.2 Å². The lowest BCUT2D eigenvalue weighted by Gasteiger charge is -2.08. The molecular weight excluding hydrogens is 284 g/mol.